The number of aryl methyl sites for hydroxylation is 1. The molecule has 3 aliphatic rings. The van der Waals surface area contributed by atoms with Gasteiger partial charge < -0.3 is 24.4 Å². The summed E-state index contributed by atoms with van der Waals surface area (Å²) < 4.78 is 11.9. The molecule has 2 bridgehead atoms. The molecule has 40 heavy (non-hydrogen) atoms. The molecule has 3 fully saturated rings. The molecule has 9 heteroatoms. The Morgan fingerprint density at radius 1 is 1.27 bits per heavy atom. The highest BCUT2D eigenvalue weighted by atomic mass is 35.5. The number of ether oxygens (including phenoxy) is 2. The molecule has 0 aliphatic carbocycles. The highest BCUT2D eigenvalue weighted by Crippen LogP contribution is 2.59. The molecule has 2 amide bonds. The Labute approximate surface area is 239 Å². The van der Waals surface area contributed by atoms with Gasteiger partial charge in [0.1, 0.15) is 11.6 Å². The molecular weight excluding hydrogens is 532 g/mol. The summed E-state index contributed by atoms with van der Waals surface area (Å²) in [7, 11) is 0. The fourth-order valence-electron chi connectivity index (χ4n) is 6.94. The summed E-state index contributed by atoms with van der Waals surface area (Å²) in [6, 6.07) is 13.1. The lowest BCUT2D eigenvalue weighted by Gasteiger charge is -2.39. The van der Waals surface area contributed by atoms with Crippen molar-refractivity contribution in [3.8, 4) is 0 Å². The normalized spacial score (nSPS) is 27.4. The summed E-state index contributed by atoms with van der Waals surface area (Å²) in [6.45, 7) is 7.39. The molecule has 3 saturated heterocycles. The van der Waals surface area contributed by atoms with Crippen molar-refractivity contribution in [3.05, 3.63) is 77.3 Å². The highest BCUT2D eigenvalue weighted by molar-refractivity contribution is 6.34. The molecule has 2 aromatic rings. The van der Waals surface area contributed by atoms with Crippen LogP contribution < -0.4 is 4.90 Å². The Morgan fingerprint density at radius 2 is 2.02 bits per heavy atom. The molecular formula is C31H35ClN2O6. The number of carbonyl (C=O) groups is 3. The first-order valence-electron chi connectivity index (χ1n) is 13.8. The maximum Gasteiger partial charge on any atom is 0.312 e. The van der Waals surface area contributed by atoms with E-state index in [1.54, 1.807) is 19.1 Å². The molecule has 8 nitrogen and oxygen atoms in total. The zero-order valence-corrected chi connectivity index (χ0v) is 23.5. The first kappa shape index (κ1) is 28.3. The van der Waals surface area contributed by atoms with Crippen LogP contribution in [0.3, 0.4) is 0 Å². The molecule has 3 heterocycles. The van der Waals surface area contributed by atoms with E-state index in [0.29, 0.717) is 30.0 Å². The van der Waals surface area contributed by atoms with E-state index in [0.717, 1.165) is 11.1 Å². The number of carbonyl (C=O) groups excluding carboxylic acids is 3. The molecule has 1 N–H and O–H groups in total. The van der Waals surface area contributed by atoms with Crippen LogP contribution in [-0.2, 0) is 30.3 Å². The van der Waals surface area contributed by atoms with E-state index in [1.165, 1.54) is 9.80 Å². The Hall–Kier alpha value is -3.20. The van der Waals surface area contributed by atoms with Crippen LogP contribution in [0, 0.1) is 18.8 Å². The fourth-order valence-corrected chi connectivity index (χ4v) is 7.26. The van der Waals surface area contributed by atoms with E-state index in [1.807, 2.05) is 49.4 Å². The number of para-hydroxylation sites is 1. The quantitative estimate of drug-likeness (QED) is 0.348. The monoisotopic (exact) mass is 566 g/mol. The SMILES string of the molecule is C=CCN(C(=O)C1N([C@@H](CO)Cc2ccccc2)C(=O)[C@@H]2[C@H](C(=O)OCC)[C@@H]3CCC12O3)c1c(C)cccc1Cl. The van der Waals surface area contributed by atoms with Crippen molar-refractivity contribution in [2.24, 2.45) is 11.8 Å². The van der Waals surface area contributed by atoms with E-state index in [9.17, 15) is 19.5 Å². The number of halogens is 1. The van der Waals surface area contributed by atoms with Gasteiger partial charge in [-0.1, -0.05) is 60.1 Å². The second-order valence-corrected chi connectivity index (χ2v) is 11.1. The predicted octanol–water partition coefficient (Wildman–Crippen LogP) is 3.71. The van der Waals surface area contributed by atoms with E-state index in [2.05, 4.69) is 6.58 Å². The van der Waals surface area contributed by atoms with Gasteiger partial charge in [0.25, 0.3) is 5.91 Å². The van der Waals surface area contributed by atoms with Gasteiger partial charge in [0.15, 0.2) is 0 Å². The molecule has 2 aromatic carbocycles. The number of amides is 2. The first-order valence-corrected chi connectivity index (χ1v) is 14.2. The Kier molecular flexibility index (Phi) is 8.04. The largest absolute Gasteiger partial charge is 0.466 e. The average molecular weight is 567 g/mol. The number of nitrogens with zero attached hydrogens (tertiary/aromatic N) is 2. The molecule has 5 rings (SSSR count). The lowest BCUT2D eigenvalue weighted by Crippen LogP contribution is -2.59. The molecule has 6 atom stereocenters. The van der Waals surface area contributed by atoms with Crippen molar-refractivity contribution in [2.75, 3.05) is 24.7 Å². The van der Waals surface area contributed by atoms with Crippen LogP contribution in [0.4, 0.5) is 5.69 Å². The van der Waals surface area contributed by atoms with Crippen molar-refractivity contribution in [2.45, 2.75) is 56.9 Å². The Bertz CT molecular complexity index is 1280. The smallest absolute Gasteiger partial charge is 0.312 e. The zero-order chi connectivity index (χ0) is 28.6. The average Bonchev–Trinajstić information content (AvgIpc) is 3.59. The number of likely N-dealkylation sites (tertiary alicyclic amines) is 1. The standard InChI is InChI=1S/C31H35ClN2O6/c1-4-16-33(26-19(3)10-9-13-22(26)32)29(37)27-31-15-14-23(40-31)24(30(38)39-5-2)25(31)28(36)34(27)21(18-35)17-20-11-7-6-8-12-20/h4,6-13,21,23-25,27,35H,1,5,14-18H2,2-3H3/t21-,23+,24-,25+,27?,31?/m1/s1. The number of aliphatic hydroxyl groups is 1. The number of fused-ring (bicyclic) bond motifs is 1. The summed E-state index contributed by atoms with van der Waals surface area (Å²) in [5.41, 5.74) is 0.998. The lowest BCUT2D eigenvalue weighted by atomic mass is 9.70. The maximum absolute atomic E-state index is 14.7. The number of aliphatic hydroxyl groups excluding tert-OH is 1. The molecule has 3 aliphatic heterocycles. The van der Waals surface area contributed by atoms with Crippen LogP contribution in [0.25, 0.3) is 0 Å². The third-order valence-corrected chi connectivity index (χ3v) is 8.79. The second kappa shape index (κ2) is 11.4. The van der Waals surface area contributed by atoms with Crippen LogP contribution >= 0.6 is 11.6 Å². The summed E-state index contributed by atoms with van der Waals surface area (Å²) in [6.07, 6.45) is 2.39. The van der Waals surface area contributed by atoms with Gasteiger partial charge in [0.2, 0.25) is 5.91 Å². The zero-order valence-electron chi connectivity index (χ0n) is 22.8. The van der Waals surface area contributed by atoms with Gasteiger partial charge in [-0.05, 0) is 50.3 Å². The van der Waals surface area contributed by atoms with Crippen LogP contribution in [0.1, 0.15) is 30.9 Å². The number of rotatable bonds is 10. The number of hydrogen-bond acceptors (Lipinski definition) is 6. The number of benzene rings is 2. The minimum Gasteiger partial charge on any atom is -0.466 e. The third-order valence-electron chi connectivity index (χ3n) is 8.49. The fraction of sp³-hybridized carbons (Fsp3) is 0.452. The third kappa shape index (κ3) is 4.52. The molecule has 212 valence electrons. The maximum atomic E-state index is 14.7. The van der Waals surface area contributed by atoms with Crippen molar-refractivity contribution >= 4 is 35.1 Å². The van der Waals surface area contributed by atoms with Crippen LogP contribution in [0.5, 0.6) is 0 Å². The number of anilines is 1. The Morgan fingerprint density at radius 3 is 2.67 bits per heavy atom. The van der Waals surface area contributed by atoms with Gasteiger partial charge in [-0.2, -0.15) is 0 Å². The Balaban J connectivity index is 1.63. The topological polar surface area (TPSA) is 96.4 Å². The predicted molar refractivity (Wildman–Crippen MR) is 151 cm³/mol. The first-order chi connectivity index (χ1) is 19.3. The summed E-state index contributed by atoms with van der Waals surface area (Å²) in [4.78, 5) is 45.3. The molecule has 0 saturated carbocycles. The van der Waals surface area contributed by atoms with Crippen molar-refractivity contribution < 1.29 is 29.0 Å². The number of esters is 1. The lowest BCUT2D eigenvalue weighted by molar-refractivity contribution is -0.155. The minimum atomic E-state index is -1.23. The molecule has 0 radical (unpaired) electrons. The summed E-state index contributed by atoms with van der Waals surface area (Å²) >= 11 is 6.62. The molecule has 1 spiro atoms. The van der Waals surface area contributed by atoms with Gasteiger partial charge in [-0.25, -0.2) is 0 Å². The van der Waals surface area contributed by atoms with Crippen LogP contribution in [-0.4, -0.2) is 71.3 Å². The van der Waals surface area contributed by atoms with E-state index in [4.69, 9.17) is 21.1 Å². The van der Waals surface area contributed by atoms with Gasteiger partial charge in [-0.3, -0.25) is 14.4 Å². The van der Waals surface area contributed by atoms with Crippen molar-refractivity contribution in [1.29, 1.82) is 0 Å². The minimum absolute atomic E-state index is 0.149. The van der Waals surface area contributed by atoms with Crippen LogP contribution in [0.2, 0.25) is 5.02 Å². The van der Waals surface area contributed by atoms with Crippen molar-refractivity contribution in [3.63, 3.8) is 0 Å². The number of hydrogen-bond donors (Lipinski definition) is 1. The van der Waals surface area contributed by atoms with Gasteiger partial charge in [0, 0.05) is 6.54 Å². The van der Waals surface area contributed by atoms with Gasteiger partial charge in [-0.15, -0.1) is 6.58 Å². The van der Waals surface area contributed by atoms with E-state index >= 15 is 0 Å². The van der Waals surface area contributed by atoms with Gasteiger partial charge in [0.05, 0.1) is 47.9 Å². The van der Waals surface area contributed by atoms with E-state index < -0.39 is 41.6 Å². The summed E-state index contributed by atoms with van der Waals surface area (Å²) in [5, 5.41) is 11.0. The molecule has 2 unspecified atom stereocenters. The van der Waals surface area contributed by atoms with Crippen molar-refractivity contribution in [1.82, 2.24) is 4.90 Å². The van der Waals surface area contributed by atoms with Crippen LogP contribution in [0.15, 0.2) is 61.2 Å². The second-order valence-electron chi connectivity index (χ2n) is 10.7. The summed E-state index contributed by atoms with van der Waals surface area (Å²) in [5.74, 6) is -2.95. The molecule has 0 aromatic heterocycles. The van der Waals surface area contributed by atoms with E-state index in [-0.39, 0.29) is 31.6 Å². The van der Waals surface area contributed by atoms with Gasteiger partial charge >= 0.3 is 5.97 Å². The highest BCUT2D eigenvalue weighted by Gasteiger charge is 2.75.